The van der Waals surface area contributed by atoms with Gasteiger partial charge >= 0.3 is 0 Å². The third-order valence-corrected chi connectivity index (χ3v) is 6.72. The quantitative estimate of drug-likeness (QED) is 0.404. The second-order valence-corrected chi connectivity index (χ2v) is 8.90. The van der Waals surface area contributed by atoms with Crippen LogP contribution in [-0.4, -0.2) is 41.1 Å². The molecule has 3 nitrogen and oxygen atoms in total. The lowest BCUT2D eigenvalue weighted by Crippen LogP contribution is -2.47. The fraction of sp³-hybridized carbons (Fsp3) is 0.214. The van der Waals surface area contributed by atoms with Crippen molar-refractivity contribution in [1.29, 1.82) is 0 Å². The SMILES string of the molecule is Oc1ccc2ccccc2c1CN1CCN(C(c2ccccc2)c2ccc(Cl)cc2)CC1. The molecule has 4 aromatic carbocycles. The Hall–Kier alpha value is -2.85. The maximum Gasteiger partial charge on any atom is 0.120 e. The Morgan fingerprint density at radius 2 is 1.38 bits per heavy atom. The number of phenolic OH excluding ortho intramolecular Hbond substituents is 1. The predicted octanol–water partition coefficient (Wildman–Crippen LogP) is 6.11. The Kier molecular flexibility index (Phi) is 6.13. The summed E-state index contributed by atoms with van der Waals surface area (Å²) in [4.78, 5) is 5.00. The van der Waals surface area contributed by atoms with Gasteiger partial charge in [0.25, 0.3) is 0 Å². The number of aromatic hydroxyl groups is 1. The number of rotatable bonds is 5. The lowest BCUT2D eigenvalue weighted by molar-refractivity contribution is 0.104. The number of hydrogen-bond acceptors (Lipinski definition) is 3. The molecule has 1 heterocycles. The number of piperazine rings is 1. The summed E-state index contributed by atoms with van der Waals surface area (Å²) >= 11 is 6.16. The van der Waals surface area contributed by atoms with Crippen LogP contribution >= 0.6 is 11.6 Å². The van der Waals surface area contributed by atoms with Crippen LogP contribution < -0.4 is 0 Å². The zero-order valence-corrected chi connectivity index (χ0v) is 18.7. The molecule has 1 aliphatic rings. The molecular weight excluding hydrogens is 416 g/mol. The maximum atomic E-state index is 10.6. The van der Waals surface area contributed by atoms with E-state index in [0.717, 1.165) is 48.7 Å². The molecule has 4 aromatic rings. The van der Waals surface area contributed by atoms with Gasteiger partial charge in [0.15, 0.2) is 0 Å². The Morgan fingerprint density at radius 1 is 0.719 bits per heavy atom. The fourth-order valence-corrected chi connectivity index (χ4v) is 4.91. The van der Waals surface area contributed by atoms with E-state index in [1.807, 2.05) is 36.4 Å². The highest BCUT2D eigenvalue weighted by Crippen LogP contribution is 2.32. The molecule has 5 rings (SSSR count). The monoisotopic (exact) mass is 442 g/mol. The van der Waals surface area contributed by atoms with Gasteiger partial charge in [0.2, 0.25) is 0 Å². The molecule has 0 aliphatic carbocycles. The highest BCUT2D eigenvalue weighted by molar-refractivity contribution is 6.30. The Balaban J connectivity index is 1.35. The van der Waals surface area contributed by atoms with Gasteiger partial charge in [-0.25, -0.2) is 0 Å². The Morgan fingerprint density at radius 3 is 2.12 bits per heavy atom. The minimum Gasteiger partial charge on any atom is -0.508 e. The van der Waals surface area contributed by atoms with Gasteiger partial charge in [-0.05, 0) is 40.1 Å². The van der Waals surface area contributed by atoms with Gasteiger partial charge < -0.3 is 5.11 Å². The van der Waals surface area contributed by atoms with E-state index in [2.05, 4.69) is 64.4 Å². The Labute approximate surface area is 194 Å². The maximum absolute atomic E-state index is 10.6. The molecule has 1 N–H and O–H groups in total. The van der Waals surface area contributed by atoms with E-state index in [0.29, 0.717) is 5.75 Å². The normalized spacial score (nSPS) is 16.3. The molecule has 1 aliphatic heterocycles. The van der Waals surface area contributed by atoms with Crippen LogP contribution in [0.3, 0.4) is 0 Å². The highest BCUT2D eigenvalue weighted by Gasteiger charge is 2.27. The first-order valence-corrected chi connectivity index (χ1v) is 11.5. The van der Waals surface area contributed by atoms with Gasteiger partial charge in [-0.1, -0.05) is 84.4 Å². The third-order valence-electron chi connectivity index (χ3n) is 6.47. The molecule has 1 atom stereocenters. The molecule has 1 unspecified atom stereocenters. The molecule has 0 aromatic heterocycles. The molecule has 4 heteroatoms. The lowest BCUT2D eigenvalue weighted by Gasteiger charge is -2.40. The number of nitrogens with zero attached hydrogens (tertiary/aromatic N) is 2. The van der Waals surface area contributed by atoms with Crippen molar-refractivity contribution in [2.75, 3.05) is 26.2 Å². The van der Waals surface area contributed by atoms with Crippen molar-refractivity contribution in [3.8, 4) is 5.75 Å². The van der Waals surface area contributed by atoms with Crippen LogP contribution in [0.1, 0.15) is 22.7 Å². The molecular formula is C28H27ClN2O. The fourth-order valence-electron chi connectivity index (χ4n) is 4.79. The van der Waals surface area contributed by atoms with Crippen molar-refractivity contribution in [2.45, 2.75) is 12.6 Å². The highest BCUT2D eigenvalue weighted by atomic mass is 35.5. The summed E-state index contributed by atoms with van der Waals surface area (Å²) in [6, 6.07) is 31.2. The molecule has 1 fully saturated rings. The van der Waals surface area contributed by atoms with Crippen LogP contribution in [0.2, 0.25) is 5.02 Å². The van der Waals surface area contributed by atoms with Crippen molar-refractivity contribution >= 4 is 22.4 Å². The van der Waals surface area contributed by atoms with Gasteiger partial charge in [0.05, 0.1) is 6.04 Å². The first kappa shape index (κ1) is 21.0. The minimum absolute atomic E-state index is 0.210. The standard InChI is InChI=1S/C28H27ClN2O/c29-24-13-10-23(11-14-24)28(22-7-2-1-3-8-22)31-18-16-30(17-19-31)20-26-25-9-5-4-6-21(25)12-15-27(26)32/h1-15,28,32H,16-20H2. The van der Waals surface area contributed by atoms with E-state index in [9.17, 15) is 5.11 Å². The van der Waals surface area contributed by atoms with Gasteiger partial charge in [-0.2, -0.15) is 0 Å². The van der Waals surface area contributed by atoms with Gasteiger partial charge in [0, 0.05) is 43.3 Å². The van der Waals surface area contributed by atoms with Gasteiger partial charge in [-0.15, -0.1) is 0 Å². The molecule has 0 radical (unpaired) electrons. The van der Waals surface area contributed by atoms with Crippen molar-refractivity contribution in [3.63, 3.8) is 0 Å². The van der Waals surface area contributed by atoms with Crippen molar-refractivity contribution in [2.24, 2.45) is 0 Å². The van der Waals surface area contributed by atoms with E-state index in [1.54, 1.807) is 0 Å². The third kappa shape index (κ3) is 4.37. The average Bonchev–Trinajstić information content (AvgIpc) is 2.84. The largest absolute Gasteiger partial charge is 0.508 e. The molecule has 32 heavy (non-hydrogen) atoms. The molecule has 0 spiro atoms. The van der Waals surface area contributed by atoms with Gasteiger partial charge in [0.1, 0.15) is 5.75 Å². The van der Waals surface area contributed by atoms with Crippen LogP contribution in [0.5, 0.6) is 5.75 Å². The summed E-state index contributed by atoms with van der Waals surface area (Å²) < 4.78 is 0. The predicted molar refractivity (Wildman–Crippen MR) is 132 cm³/mol. The molecule has 162 valence electrons. The lowest BCUT2D eigenvalue weighted by atomic mass is 9.96. The second kappa shape index (κ2) is 9.33. The number of halogens is 1. The van der Waals surface area contributed by atoms with Crippen molar-refractivity contribution in [1.82, 2.24) is 9.80 Å². The van der Waals surface area contributed by atoms with E-state index in [-0.39, 0.29) is 6.04 Å². The van der Waals surface area contributed by atoms with Crippen LogP contribution in [0.4, 0.5) is 0 Å². The van der Waals surface area contributed by atoms with Crippen LogP contribution in [0.15, 0.2) is 91.0 Å². The number of hydrogen-bond donors (Lipinski definition) is 1. The van der Waals surface area contributed by atoms with Crippen molar-refractivity contribution < 1.29 is 5.11 Å². The summed E-state index contributed by atoms with van der Waals surface area (Å²) in [5, 5.41) is 13.6. The van der Waals surface area contributed by atoms with Crippen LogP contribution in [0, 0.1) is 0 Å². The van der Waals surface area contributed by atoms with E-state index >= 15 is 0 Å². The van der Waals surface area contributed by atoms with Crippen molar-refractivity contribution in [3.05, 3.63) is 113 Å². The molecule has 1 saturated heterocycles. The topological polar surface area (TPSA) is 26.7 Å². The summed E-state index contributed by atoms with van der Waals surface area (Å²) in [5.41, 5.74) is 3.59. The number of phenols is 1. The number of fused-ring (bicyclic) bond motifs is 1. The zero-order chi connectivity index (χ0) is 21.9. The average molecular weight is 443 g/mol. The van der Waals surface area contributed by atoms with Crippen LogP contribution in [0.25, 0.3) is 10.8 Å². The number of benzene rings is 4. The zero-order valence-electron chi connectivity index (χ0n) is 18.0. The second-order valence-electron chi connectivity index (χ2n) is 8.46. The molecule has 0 bridgehead atoms. The first-order chi connectivity index (χ1) is 15.7. The van der Waals surface area contributed by atoms with Crippen LogP contribution in [-0.2, 0) is 6.54 Å². The summed E-state index contributed by atoms with van der Waals surface area (Å²) in [6.45, 7) is 4.61. The Bertz CT molecular complexity index is 1190. The van der Waals surface area contributed by atoms with E-state index in [4.69, 9.17) is 11.6 Å². The summed E-state index contributed by atoms with van der Waals surface area (Å²) in [6.07, 6.45) is 0. The van der Waals surface area contributed by atoms with Gasteiger partial charge in [-0.3, -0.25) is 9.80 Å². The van der Waals surface area contributed by atoms with E-state index < -0.39 is 0 Å². The molecule has 0 amide bonds. The molecule has 0 saturated carbocycles. The summed E-state index contributed by atoms with van der Waals surface area (Å²) in [7, 11) is 0. The van der Waals surface area contributed by atoms with E-state index in [1.165, 1.54) is 16.5 Å². The first-order valence-electron chi connectivity index (χ1n) is 11.2. The minimum atomic E-state index is 0.210. The summed E-state index contributed by atoms with van der Waals surface area (Å²) in [5.74, 6) is 0.384. The smallest absolute Gasteiger partial charge is 0.120 e.